The van der Waals surface area contributed by atoms with E-state index >= 15 is 0 Å². The van der Waals surface area contributed by atoms with Crippen molar-refractivity contribution in [2.24, 2.45) is 0 Å². The van der Waals surface area contributed by atoms with Gasteiger partial charge in [-0.3, -0.25) is 9.69 Å². The van der Waals surface area contributed by atoms with Crippen LogP contribution >= 0.6 is 0 Å². The van der Waals surface area contributed by atoms with Crippen LogP contribution in [0.5, 0.6) is 0 Å². The lowest BCUT2D eigenvalue weighted by Gasteiger charge is -2.28. The molecule has 0 unspecified atom stereocenters. The molecule has 0 radical (unpaired) electrons. The Bertz CT molecular complexity index is 729. The normalized spacial score (nSPS) is 14.2. The Labute approximate surface area is 142 Å². The number of carbonyl (C=O) groups is 1. The topological polar surface area (TPSA) is 32.3 Å². The Kier molecular flexibility index (Phi) is 5.26. The van der Waals surface area contributed by atoms with Crippen LogP contribution in [0.4, 0.5) is 4.39 Å². The van der Waals surface area contributed by atoms with E-state index in [0.29, 0.717) is 17.7 Å². The third-order valence-electron chi connectivity index (χ3n) is 4.58. The molecule has 3 rings (SSSR count). The largest absolute Gasteiger partial charge is 0.352 e. The van der Waals surface area contributed by atoms with Crippen LogP contribution in [0.1, 0.15) is 33.5 Å². The Morgan fingerprint density at radius 3 is 2.79 bits per heavy atom. The highest BCUT2D eigenvalue weighted by molar-refractivity contribution is 5.94. The molecule has 0 aliphatic carbocycles. The number of halogens is 1. The van der Waals surface area contributed by atoms with Crippen molar-refractivity contribution >= 4 is 5.91 Å². The van der Waals surface area contributed by atoms with Crippen LogP contribution in [0.2, 0.25) is 0 Å². The first kappa shape index (κ1) is 16.7. The maximum atomic E-state index is 13.5. The van der Waals surface area contributed by atoms with Gasteiger partial charge in [-0.1, -0.05) is 30.3 Å². The number of hydrogen-bond donors (Lipinski definition) is 1. The zero-order valence-electron chi connectivity index (χ0n) is 14.0. The van der Waals surface area contributed by atoms with Gasteiger partial charge < -0.3 is 5.32 Å². The molecule has 1 aliphatic rings. The molecule has 0 atom stereocenters. The van der Waals surface area contributed by atoms with Crippen molar-refractivity contribution in [3.8, 4) is 0 Å². The predicted octanol–water partition coefficient (Wildman–Crippen LogP) is 3.31. The molecular formula is C20H23FN2O. The number of benzene rings is 2. The first-order valence-electron chi connectivity index (χ1n) is 8.47. The smallest absolute Gasteiger partial charge is 0.251 e. The summed E-state index contributed by atoms with van der Waals surface area (Å²) in [6.07, 6.45) is 1.98. The van der Waals surface area contributed by atoms with Crippen molar-refractivity contribution in [2.45, 2.75) is 26.3 Å². The van der Waals surface area contributed by atoms with Crippen LogP contribution in [-0.4, -0.2) is 30.4 Å². The molecule has 1 N–H and O–H groups in total. The van der Waals surface area contributed by atoms with Crippen molar-refractivity contribution in [2.75, 3.05) is 19.6 Å². The molecule has 0 spiro atoms. The van der Waals surface area contributed by atoms with E-state index in [1.54, 1.807) is 19.1 Å². The van der Waals surface area contributed by atoms with Crippen molar-refractivity contribution in [1.29, 1.82) is 0 Å². The van der Waals surface area contributed by atoms with Crippen molar-refractivity contribution in [3.05, 3.63) is 70.5 Å². The molecule has 0 aromatic heterocycles. The summed E-state index contributed by atoms with van der Waals surface area (Å²) >= 11 is 0. The van der Waals surface area contributed by atoms with Gasteiger partial charge in [0.1, 0.15) is 5.82 Å². The lowest BCUT2D eigenvalue weighted by molar-refractivity contribution is 0.0951. The number of carbonyl (C=O) groups excluding carboxylic acids is 1. The van der Waals surface area contributed by atoms with Gasteiger partial charge in [-0.2, -0.15) is 0 Å². The summed E-state index contributed by atoms with van der Waals surface area (Å²) in [7, 11) is 0. The molecule has 1 amide bonds. The number of amides is 1. The highest BCUT2D eigenvalue weighted by Gasteiger charge is 2.15. The van der Waals surface area contributed by atoms with Crippen LogP contribution in [0.25, 0.3) is 0 Å². The second-order valence-electron chi connectivity index (χ2n) is 6.37. The van der Waals surface area contributed by atoms with E-state index < -0.39 is 0 Å². The van der Waals surface area contributed by atoms with Crippen LogP contribution in [-0.2, 0) is 13.0 Å². The first-order valence-corrected chi connectivity index (χ1v) is 8.47. The lowest BCUT2D eigenvalue weighted by atomic mass is 10.00. The predicted molar refractivity (Wildman–Crippen MR) is 93.5 cm³/mol. The summed E-state index contributed by atoms with van der Waals surface area (Å²) in [5.41, 5.74) is 3.79. The van der Waals surface area contributed by atoms with E-state index in [2.05, 4.69) is 34.5 Å². The minimum atomic E-state index is -0.338. The fourth-order valence-corrected chi connectivity index (χ4v) is 3.09. The Balaban J connectivity index is 1.43. The maximum Gasteiger partial charge on any atom is 0.251 e. The van der Waals surface area contributed by atoms with E-state index in [1.165, 1.54) is 17.2 Å². The van der Waals surface area contributed by atoms with E-state index in [9.17, 15) is 9.18 Å². The average molecular weight is 326 g/mol. The average Bonchev–Trinajstić information content (AvgIpc) is 2.60. The molecule has 4 heteroatoms. The van der Waals surface area contributed by atoms with E-state index in [-0.39, 0.29) is 11.7 Å². The summed E-state index contributed by atoms with van der Waals surface area (Å²) in [6, 6.07) is 13.2. The third-order valence-corrected chi connectivity index (χ3v) is 4.58. The highest BCUT2D eigenvalue weighted by Crippen LogP contribution is 2.18. The summed E-state index contributed by atoms with van der Waals surface area (Å²) in [5, 5.41) is 2.87. The van der Waals surface area contributed by atoms with Gasteiger partial charge in [0.2, 0.25) is 0 Å². The monoisotopic (exact) mass is 326 g/mol. The molecule has 0 saturated heterocycles. The summed E-state index contributed by atoms with van der Waals surface area (Å²) < 4.78 is 13.5. The lowest BCUT2D eigenvalue weighted by Crippen LogP contribution is -2.33. The van der Waals surface area contributed by atoms with Crippen LogP contribution in [0.3, 0.4) is 0 Å². The number of fused-ring (bicyclic) bond motifs is 1. The van der Waals surface area contributed by atoms with E-state index in [4.69, 9.17) is 0 Å². The van der Waals surface area contributed by atoms with Crippen LogP contribution in [0.15, 0.2) is 42.5 Å². The van der Waals surface area contributed by atoms with Gasteiger partial charge in [0.25, 0.3) is 5.91 Å². The number of hydrogen-bond acceptors (Lipinski definition) is 2. The zero-order chi connectivity index (χ0) is 16.9. The van der Waals surface area contributed by atoms with E-state index in [0.717, 1.165) is 32.5 Å². The number of nitrogens with one attached hydrogen (secondary N) is 1. The molecule has 24 heavy (non-hydrogen) atoms. The second-order valence-corrected chi connectivity index (χ2v) is 6.37. The van der Waals surface area contributed by atoms with Gasteiger partial charge >= 0.3 is 0 Å². The van der Waals surface area contributed by atoms with E-state index in [1.807, 2.05) is 0 Å². The molecular weight excluding hydrogens is 303 g/mol. The van der Waals surface area contributed by atoms with Crippen LogP contribution < -0.4 is 5.32 Å². The van der Waals surface area contributed by atoms with Crippen molar-refractivity contribution < 1.29 is 9.18 Å². The van der Waals surface area contributed by atoms with Gasteiger partial charge in [-0.25, -0.2) is 4.39 Å². The van der Waals surface area contributed by atoms with Gasteiger partial charge in [0.15, 0.2) is 0 Å². The number of aryl methyl sites for hydroxylation is 1. The highest BCUT2D eigenvalue weighted by atomic mass is 19.1. The van der Waals surface area contributed by atoms with Gasteiger partial charge in [0.05, 0.1) is 0 Å². The maximum absolute atomic E-state index is 13.5. The molecule has 0 bridgehead atoms. The minimum absolute atomic E-state index is 0.210. The minimum Gasteiger partial charge on any atom is -0.352 e. The standard InChI is InChI=1S/C20H23FN2O/c1-15-7-8-17(13-19(15)21)20(24)22-10-4-11-23-12-9-16-5-2-3-6-18(16)14-23/h2-3,5-8,13H,4,9-12,14H2,1H3,(H,22,24). The molecule has 1 heterocycles. The SMILES string of the molecule is Cc1ccc(C(=O)NCCCN2CCc3ccccc3C2)cc1F. The number of nitrogens with zero attached hydrogens (tertiary/aromatic N) is 1. The Morgan fingerprint density at radius 2 is 2.00 bits per heavy atom. The first-order chi connectivity index (χ1) is 11.6. The number of rotatable bonds is 5. The van der Waals surface area contributed by atoms with Crippen molar-refractivity contribution in [1.82, 2.24) is 10.2 Å². The fourth-order valence-electron chi connectivity index (χ4n) is 3.09. The molecule has 2 aromatic carbocycles. The molecule has 0 fully saturated rings. The quantitative estimate of drug-likeness (QED) is 0.855. The van der Waals surface area contributed by atoms with Crippen LogP contribution in [0, 0.1) is 12.7 Å². The second kappa shape index (κ2) is 7.58. The molecule has 3 nitrogen and oxygen atoms in total. The fraction of sp³-hybridized carbons (Fsp3) is 0.350. The zero-order valence-corrected chi connectivity index (χ0v) is 14.0. The van der Waals surface area contributed by atoms with Gasteiger partial charge in [-0.15, -0.1) is 0 Å². The molecule has 0 saturated carbocycles. The summed E-state index contributed by atoms with van der Waals surface area (Å²) in [5.74, 6) is -0.549. The summed E-state index contributed by atoms with van der Waals surface area (Å²) in [6.45, 7) is 5.29. The molecule has 126 valence electrons. The molecule has 1 aliphatic heterocycles. The molecule has 2 aromatic rings. The Hall–Kier alpha value is -2.20. The Morgan fingerprint density at radius 1 is 1.21 bits per heavy atom. The summed E-state index contributed by atoms with van der Waals surface area (Å²) in [4.78, 5) is 14.4. The van der Waals surface area contributed by atoms with Gasteiger partial charge in [-0.05, 0) is 48.6 Å². The van der Waals surface area contributed by atoms with Crippen molar-refractivity contribution in [3.63, 3.8) is 0 Å². The van der Waals surface area contributed by atoms with Gasteiger partial charge in [0, 0.05) is 31.7 Å². The third kappa shape index (κ3) is 4.01.